The fourth-order valence-corrected chi connectivity index (χ4v) is 2.62. The number of rotatable bonds is 4. The monoisotopic (exact) mass is 264 g/mol. The van der Waals surface area contributed by atoms with E-state index in [-0.39, 0.29) is 0 Å². The molecule has 1 heterocycles. The van der Waals surface area contributed by atoms with Gasteiger partial charge in [-0.15, -0.1) is 0 Å². The molecule has 0 unspecified atom stereocenters. The Kier molecular flexibility index (Phi) is 3.57. The van der Waals surface area contributed by atoms with E-state index < -0.39 is 0 Å². The third-order valence-corrected chi connectivity index (χ3v) is 3.81. The molecular weight excluding hydrogens is 244 g/mol. The number of aromatic amines is 1. The predicted octanol–water partition coefficient (Wildman–Crippen LogP) is 4.33. The van der Waals surface area contributed by atoms with E-state index in [2.05, 4.69) is 72.7 Å². The van der Waals surface area contributed by atoms with Crippen LogP contribution in [0, 0.1) is 6.92 Å². The molecule has 2 aromatic carbocycles. The van der Waals surface area contributed by atoms with Crippen LogP contribution in [0.3, 0.4) is 0 Å². The maximum atomic E-state index is 3.60. The summed E-state index contributed by atoms with van der Waals surface area (Å²) >= 11 is 0. The first-order valence-electron chi connectivity index (χ1n) is 7.09. The number of H-pyrrole nitrogens is 1. The summed E-state index contributed by atoms with van der Waals surface area (Å²) in [6.45, 7) is 5.21. The molecule has 1 atom stereocenters. The summed E-state index contributed by atoms with van der Waals surface area (Å²) in [5, 5.41) is 4.88. The van der Waals surface area contributed by atoms with Crippen LogP contribution in [0.25, 0.3) is 10.9 Å². The molecule has 0 bridgehead atoms. The summed E-state index contributed by atoms with van der Waals surface area (Å²) in [4.78, 5) is 3.32. The highest BCUT2D eigenvalue weighted by Gasteiger charge is 2.07. The van der Waals surface area contributed by atoms with Crippen molar-refractivity contribution in [1.29, 1.82) is 0 Å². The Bertz CT molecular complexity index is 712. The lowest BCUT2D eigenvalue weighted by atomic mass is 10.1. The molecule has 0 aliphatic carbocycles. The highest BCUT2D eigenvalue weighted by atomic mass is 14.9. The molecule has 2 N–H and O–H groups in total. The van der Waals surface area contributed by atoms with Gasteiger partial charge in [0.15, 0.2) is 0 Å². The normalized spacial score (nSPS) is 12.7. The summed E-state index contributed by atoms with van der Waals surface area (Å²) in [5.41, 5.74) is 5.19. The Hall–Kier alpha value is -2.06. The van der Waals surface area contributed by atoms with Gasteiger partial charge in [0, 0.05) is 24.3 Å². The number of fused-ring (bicyclic) bond motifs is 1. The third-order valence-electron chi connectivity index (χ3n) is 3.81. The number of para-hydroxylation sites is 1. The molecule has 0 amide bonds. The number of aromatic nitrogens is 1. The lowest BCUT2D eigenvalue weighted by molar-refractivity contribution is 0.576. The largest absolute Gasteiger partial charge is 0.361 e. The smallest absolute Gasteiger partial charge is 0.0499 e. The molecule has 2 heteroatoms. The van der Waals surface area contributed by atoms with Crippen molar-refractivity contribution in [1.82, 2.24) is 10.3 Å². The van der Waals surface area contributed by atoms with Crippen LogP contribution in [0.2, 0.25) is 0 Å². The van der Waals surface area contributed by atoms with Crippen molar-refractivity contribution in [3.63, 3.8) is 0 Å². The van der Waals surface area contributed by atoms with Crippen LogP contribution in [-0.4, -0.2) is 4.98 Å². The third kappa shape index (κ3) is 2.61. The van der Waals surface area contributed by atoms with Gasteiger partial charge in [0.25, 0.3) is 0 Å². The molecule has 1 aromatic heterocycles. The lowest BCUT2D eigenvalue weighted by Gasteiger charge is -2.15. The predicted molar refractivity (Wildman–Crippen MR) is 84.7 cm³/mol. The fraction of sp³-hybridized carbons (Fsp3) is 0.222. The van der Waals surface area contributed by atoms with Crippen molar-refractivity contribution in [2.24, 2.45) is 0 Å². The molecule has 3 aromatic rings. The van der Waals surface area contributed by atoms with Crippen molar-refractivity contribution >= 4 is 10.9 Å². The van der Waals surface area contributed by atoms with E-state index >= 15 is 0 Å². The van der Waals surface area contributed by atoms with Gasteiger partial charge in [-0.1, -0.05) is 48.0 Å². The van der Waals surface area contributed by atoms with Crippen LogP contribution in [0.1, 0.15) is 29.7 Å². The lowest BCUT2D eigenvalue weighted by Crippen LogP contribution is -2.18. The van der Waals surface area contributed by atoms with E-state index in [0.717, 1.165) is 6.54 Å². The average molecular weight is 264 g/mol. The molecule has 2 nitrogen and oxygen atoms in total. The average Bonchev–Trinajstić information content (AvgIpc) is 2.93. The standard InChI is InChI=1S/C18H20N2/c1-13-5-3-7-16(11-13)14(2)20-12-17-8-4-6-15-9-10-19-18(15)17/h3-11,14,19-20H,12H2,1-2H3/t14-/m1/s1. The minimum absolute atomic E-state index is 0.347. The Labute approximate surface area is 119 Å². The molecule has 0 saturated carbocycles. The molecule has 0 radical (unpaired) electrons. The van der Waals surface area contributed by atoms with Crippen molar-refractivity contribution in [2.75, 3.05) is 0 Å². The molecule has 3 rings (SSSR count). The van der Waals surface area contributed by atoms with Gasteiger partial charge in [-0.3, -0.25) is 0 Å². The highest BCUT2D eigenvalue weighted by Crippen LogP contribution is 2.19. The minimum atomic E-state index is 0.347. The first-order valence-corrected chi connectivity index (χ1v) is 7.09. The van der Waals surface area contributed by atoms with Gasteiger partial charge in [0.1, 0.15) is 0 Å². The van der Waals surface area contributed by atoms with Crippen LogP contribution in [0.15, 0.2) is 54.7 Å². The van der Waals surface area contributed by atoms with Crippen LogP contribution in [0.4, 0.5) is 0 Å². The topological polar surface area (TPSA) is 27.8 Å². The highest BCUT2D eigenvalue weighted by molar-refractivity contribution is 5.82. The van der Waals surface area contributed by atoms with E-state index in [1.807, 2.05) is 6.20 Å². The van der Waals surface area contributed by atoms with E-state index in [1.54, 1.807) is 0 Å². The van der Waals surface area contributed by atoms with E-state index in [0.29, 0.717) is 6.04 Å². The number of benzene rings is 2. The Balaban J connectivity index is 1.74. The molecule has 102 valence electrons. The summed E-state index contributed by atoms with van der Waals surface area (Å²) in [6, 6.07) is 17.6. The van der Waals surface area contributed by atoms with Crippen molar-refractivity contribution in [2.45, 2.75) is 26.4 Å². The second-order valence-corrected chi connectivity index (χ2v) is 5.38. The second kappa shape index (κ2) is 5.51. The fourth-order valence-electron chi connectivity index (χ4n) is 2.62. The first-order chi connectivity index (χ1) is 9.74. The van der Waals surface area contributed by atoms with Crippen LogP contribution >= 0.6 is 0 Å². The van der Waals surface area contributed by atoms with Gasteiger partial charge in [-0.25, -0.2) is 0 Å². The minimum Gasteiger partial charge on any atom is -0.361 e. The van der Waals surface area contributed by atoms with Crippen LogP contribution < -0.4 is 5.32 Å². The molecule has 0 aliphatic heterocycles. The SMILES string of the molecule is Cc1cccc([C@@H](C)NCc2cccc3cc[nH]c23)c1. The Morgan fingerprint density at radius 1 is 1.10 bits per heavy atom. The molecule has 0 saturated heterocycles. The Morgan fingerprint density at radius 2 is 1.95 bits per heavy atom. The number of hydrogen-bond donors (Lipinski definition) is 2. The summed E-state index contributed by atoms with van der Waals surface area (Å²) < 4.78 is 0. The Morgan fingerprint density at radius 3 is 2.80 bits per heavy atom. The summed E-state index contributed by atoms with van der Waals surface area (Å²) in [7, 11) is 0. The van der Waals surface area contributed by atoms with Gasteiger partial charge in [-0.05, 0) is 36.4 Å². The molecule has 20 heavy (non-hydrogen) atoms. The van der Waals surface area contributed by atoms with E-state index in [4.69, 9.17) is 0 Å². The van der Waals surface area contributed by atoms with Gasteiger partial charge < -0.3 is 10.3 Å². The zero-order valence-corrected chi connectivity index (χ0v) is 12.0. The van der Waals surface area contributed by atoms with Crippen LogP contribution in [0.5, 0.6) is 0 Å². The molecule has 0 spiro atoms. The quantitative estimate of drug-likeness (QED) is 0.721. The summed E-state index contributed by atoms with van der Waals surface area (Å²) in [5.74, 6) is 0. The number of nitrogens with one attached hydrogen (secondary N) is 2. The summed E-state index contributed by atoms with van der Waals surface area (Å²) in [6.07, 6.45) is 2.00. The van der Waals surface area contributed by atoms with Gasteiger partial charge in [-0.2, -0.15) is 0 Å². The first kappa shape index (κ1) is 12.9. The van der Waals surface area contributed by atoms with Gasteiger partial charge >= 0.3 is 0 Å². The van der Waals surface area contributed by atoms with Crippen molar-refractivity contribution in [3.05, 3.63) is 71.4 Å². The van der Waals surface area contributed by atoms with E-state index in [1.165, 1.54) is 27.6 Å². The zero-order chi connectivity index (χ0) is 13.9. The van der Waals surface area contributed by atoms with E-state index in [9.17, 15) is 0 Å². The van der Waals surface area contributed by atoms with Gasteiger partial charge in [0.2, 0.25) is 0 Å². The zero-order valence-electron chi connectivity index (χ0n) is 12.0. The molecular formula is C18H20N2. The van der Waals surface area contributed by atoms with Crippen molar-refractivity contribution < 1.29 is 0 Å². The second-order valence-electron chi connectivity index (χ2n) is 5.38. The van der Waals surface area contributed by atoms with Crippen molar-refractivity contribution in [3.8, 4) is 0 Å². The molecule has 0 aliphatic rings. The van der Waals surface area contributed by atoms with Gasteiger partial charge in [0.05, 0.1) is 0 Å². The van der Waals surface area contributed by atoms with Crippen LogP contribution in [-0.2, 0) is 6.54 Å². The maximum absolute atomic E-state index is 3.60. The number of hydrogen-bond acceptors (Lipinski definition) is 1. The number of aryl methyl sites for hydroxylation is 1. The molecule has 0 fully saturated rings. The maximum Gasteiger partial charge on any atom is 0.0499 e.